The largest absolute Gasteiger partial charge is 0.469 e. The van der Waals surface area contributed by atoms with E-state index in [9.17, 15) is 13.2 Å². The van der Waals surface area contributed by atoms with E-state index in [0.717, 1.165) is 11.3 Å². The molecule has 0 saturated carbocycles. The van der Waals surface area contributed by atoms with Crippen molar-refractivity contribution in [2.45, 2.75) is 38.0 Å². The van der Waals surface area contributed by atoms with Gasteiger partial charge in [0, 0.05) is 12.5 Å². The summed E-state index contributed by atoms with van der Waals surface area (Å²) in [7, 11) is -4.05. The minimum Gasteiger partial charge on any atom is -0.469 e. The molecule has 3 aromatic rings. The van der Waals surface area contributed by atoms with E-state index in [2.05, 4.69) is 0 Å². The molecule has 0 amide bonds. The van der Waals surface area contributed by atoms with Crippen molar-refractivity contribution >= 4 is 10.1 Å². The molecule has 1 aromatic carbocycles. The van der Waals surface area contributed by atoms with Crippen LogP contribution in [0.25, 0.3) is 0 Å². The molecule has 2 aromatic heterocycles. The molecule has 0 saturated heterocycles. The van der Waals surface area contributed by atoms with Crippen molar-refractivity contribution in [3.05, 3.63) is 81.8 Å². The second kappa shape index (κ2) is 7.84. The van der Waals surface area contributed by atoms with Gasteiger partial charge in [0.05, 0.1) is 11.8 Å². The lowest BCUT2D eigenvalue weighted by Crippen LogP contribution is -2.16. The SMILES string of the molecule is Cc1ccc(S(=O)(=O)Oc2cc(C)oc(=O)c2CCCc2ccco2)cc1. The summed E-state index contributed by atoms with van der Waals surface area (Å²) in [4.78, 5) is 12.3. The van der Waals surface area contributed by atoms with Gasteiger partial charge in [-0.1, -0.05) is 17.7 Å². The predicted molar refractivity (Wildman–Crippen MR) is 99.4 cm³/mol. The van der Waals surface area contributed by atoms with Crippen LogP contribution in [0.1, 0.15) is 29.1 Å². The van der Waals surface area contributed by atoms with E-state index in [4.69, 9.17) is 13.0 Å². The monoisotopic (exact) mass is 388 g/mol. The number of furan rings is 1. The summed E-state index contributed by atoms with van der Waals surface area (Å²) in [6, 6.07) is 11.4. The molecule has 0 bridgehead atoms. The summed E-state index contributed by atoms with van der Waals surface area (Å²) >= 11 is 0. The average molecular weight is 388 g/mol. The van der Waals surface area contributed by atoms with E-state index in [0.29, 0.717) is 19.3 Å². The summed E-state index contributed by atoms with van der Waals surface area (Å²) in [5.41, 5.74) is 0.537. The van der Waals surface area contributed by atoms with E-state index in [1.54, 1.807) is 31.4 Å². The Hall–Kier alpha value is -2.80. The van der Waals surface area contributed by atoms with Crippen LogP contribution in [0.5, 0.6) is 5.75 Å². The van der Waals surface area contributed by atoms with E-state index in [1.807, 2.05) is 13.0 Å². The predicted octanol–water partition coefficient (Wildman–Crippen LogP) is 3.79. The lowest BCUT2D eigenvalue weighted by Gasteiger charge is -2.11. The van der Waals surface area contributed by atoms with Gasteiger partial charge in [0.1, 0.15) is 16.4 Å². The molecule has 6 nitrogen and oxygen atoms in total. The first-order valence-corrected chi connectivity index (χ1v) is 9.93. The molecule has 0 aliphatic heterocycles. The van der Waals surface area contributed by atoms with Crippen LogP contribution in [0.3, 0.4) is 0 Å². The van der Waals surface area contributed by atoms with Crippen molar-refractivity contribution in [3.8, 4) is 5.75 Å². The zero-order valence-electron chi connectivity index (χ0n) is 15.1. The Bertz CT molecular complexity index is 1060. The summed E-state index contributed by atoms with van der Waals surface area (Å²) in [6.45, 7) is 3.43. The maximum absolute atomic E-state index is 12.6. The molecule has 0 aliphatic rings. The van der Waals surface area contributed by atoms with Gasteiger partial charge in [0.25, 0.3) is 0 Å². The Morgan fingerprint density at radius 2 is 1.78 bits per heavy atom. The van der Waals surface area contributed by atoms with Gasteiger partial charge in [0.2, 0.25) is 0 Å². The number of hydrogen-bond acceptors (Lipinski definition) is 6. The third-order valence-corrected chi connectivity index (χ3v) is 5.32. The molecule has 2 heterocycles. The number of rotatable bonds is 7. The molecule has 0 N–H and O–H groups in total. The minimum absolute atomic E-state index is 0.00349. The molecule has 0 spiro atoms. The Morgan fingerprint density at radius 3 is 2.44 bits per heavy atom. The van der Waals surface area contributed by atoms with Gasteiger partial charge in [-0.2, -0.15) is 8.42 Å². The Balaban J connectivity index is 1.85. The van der Waals surface area contributed by atoms with Crippen LogP contribution in [-0.4, -0.2) is 8.42 Å². The highest BCUT2D eigenvalue weighted by Gasteiger charge is 2.21. The smallest absolute Gasteiger partial charge is 0.342 e. The van der Waals surface area contributed by atoms with Crippen molar-refractivity contribution in [2.24, 2.45) is 0 Å². The van der Waals surface area contributed by atoms with Crippen molar-refractivity contribution in [2.75, 3.05) is 0 Å². The molecule has 3 rings (SSSR count). The molecule has 0 aliphatic carbocycles. The second-order valence-corrected chi connectivity index (χ2v) is 7.82. The fourth-order valence-corrected chi connectivity index (χ4v) is 3.63. The molecule has 0 radical (unpaired) electrons. The molecule has 27 heavy (non-hydrogen) atoms. The van der Waals surface area contributed by atoms with Crippen molar-refractivity contribution in [3.63, 3.8) is 0 Å². The maximum Gasteiger partial charge on any atom is 0.342 e. The fraction of sp³-hybridized carbons (Fsp3) is 0.250. The topological polar surface area (TPSA) is 86.7 Å². The van der Waals surface area contributed by atoms with Crippen LogP contribution in [0.4, 0.5) is 0 Å². The first-order chi connectivity index (χ1) is 12.8. The highest BCUT2D eigenvalue weighted by Crippen LogP contribution is 2.24. The third kappa shape index (κ3) is 4.68. The zero-order valence-corrected chi connectivity index (χ0v) is 15.9. The Kier molecular flexibility index (Phi) is 5.51. The molecular formula is C20H20O6S. The Morgan fingerprint density at radius 1 is 1.04 bits per heavy atom. The highest BCUT2D eigenvalue weighted by molar-refractivity contribution is 7.87. The summed E-state index contributed by atoms with van der Waals surface area (Å²) in [5.74, 6) is 1.08. The standard InChI is InChI=1S/C20H20O6S/c1-14-8-10-17(11-9-14)27(22,23)26-19-13-15(2)25-20(21)18(19)7-3-5-16-6-4-12-24-16/h4,6,8-13H,3,5,7H2,1-2H3. The molecule has 0 atom stereocenters. The molecular weight excluding hydrogens is 368 g/mol. The quantitative estimate of drug-likeness (QED) is 0.572. The molecule has 7 heteroatoms. The number of aryl methyl sites for hydroxylation is 3. The number of benzene rings is 1. The van der Waals surface area contributed by atoms with Gasteiger partial charge in [-0.15, -0.1) is 0 Å². The second-order valence-electron chi connectivity index (χ2n) is 6.27. The zero-order chi connectivity index (χ0) is 19.4. The fourth-order valence-electron chi connectivity index (χ4n) is 2.67. The first kappa shape index (κ1) is 19.0. The Labute approximate surface area is 157 Å². The van der Waals surface area contributed by atoms with Crippen LogP contribution < -0.4 is 9.81 Å². The normalized spacial score (nSPS) is 11.5. The van der Waals surface area contributed by atoms with Crippen LogP contribution in [0.2, 0.25) is 0 Å². The lowest BCUT2D eigenvalue weighted by atomic mass is 10.1. The van der Waals surface area contributed by atoms with Crippen molar-refractivity contribution < 1.29 is 21.4 Å². The highest BCUT2D eigenvalue weighted by atomic mass is 32.2. The lowest BCUT2D eigenvalue weighted by molar-refractivity contribution is 0.440. The summed E-state index contributed by atoms with van der Waals surface area (Å²) < 4.78 is 40.8. The van der Waals surface area contributed by atoms with Gasteiger partial charge >= 0.3 is 15.7 Å². The van der Waals surface area contributed by atoms with Crippen LogP contribution in [-0.2, 0) is 23.0 Å². The van der Waals surface area contributed by atoms with Gasteiger partial charge in [-0.05, 0) is 51.0 Å². The van der Waals surface area contributed by atoms with Gasteiger partial charge in [-0.3, -0.25) is 0 Å². The number of hydrogen-bond donors (Lipinski definition) is 0. The van der Waals surface area contributed by atoms with E-state index < -0.39 is 15.7 Å². The van der Waals surface area contributed by atoms with Gasteiger partial charge in [0.15, 0.2) is 5.75 Å². The van der Waals surface area contributed by atoms with E-state index in [1.165, 1.54) is 18.2 Å². The molecule has 0 unspecified atom stereocenters. The first-order valence-electron chi connectivity index (χ1n) is 8.52. The molecule has 142 valence electrons. The summed E-state index contributed by atoms with van der Waals surface area (Å²) in [5, 5.41) is 0. The third-order valence-electron chi connectivity index (χ3n) is 4.07. The average Bonchev–Trinajstić information content (AvgIpc) is 3.10. The van der Waals surface area contributed by atoms with Crippen LogP contribution >= 0.6 is 0 Å². The van der Waals surface area contributed by atoms with Gasteiger partial charge < -0.3 is 13.0 Å². The van der Waals surface area contributed by atoms with Crippen LogP contribution in [0, 0.1) is 13.8 Å². The van der Waals surface area contributed by atoms with Gasteiger partial charge in [-0.25, -0.2) is 4.79 Å². The van der Waals surface area contributed by atoms with E-state index >= 15 is 0 Å². The van der Waals surface area contributed by atoms with Crippen molar-refractivity contribution in [1.82, 2.24) is 0 Å². The molecule has 0 fully saturated rings. The van der Waals surface area contributed by atoms with Crippen molar-refractivity contribution in [1.29, 1.82) is 0 Å². The van der Waals surface area contributed by atoms with E-state index in [-0.39, 0.29) is 22.0 Å². The summed E-state index contributed by atoms with van der Waals surface area (Å²) in [6.07, 6.45) is 3.09. The maximum atomic E-state index is 12.6. The minimum atomic E-state index is -4.05. The van der Waals surface area contributed by atoms with Crippen LogP contribution in [0.15, 0.2) is 67.3 Å².